The molecule has 1 aliphatic carbocycles. The third kappa shape index (κ3) is 2.76. The number of rotatable bonds is 4. The molecule has 0 bridgehead atoms. The third-order valence-electron chi connectivity index (χ3n) is 4.51. The van der Waals surface area contributed by atoms with Crippen LogP contribution in [-0.2, 0) is 0 Å². The van der Waals surface area contributed by atoms with E-state index in [1.807, 2.05) is 6.07 Å². The van der Waals surface area contributed by atoms with E-state index in [1.165, 1.54) is 0 Å². The summed E-state index contributed by atoms with van der Waals surface area (Å²) < 4.78 is 5.17. The number of fused-ring (bicyclic) bond motifs is 1. The maximum absolute atomic E-state index is 12.3. The summed E-state index contributed by atoms with van der Waals surface area (Å²) in [6.07, 6.45) is 3.93. The maximum Gasteiger partial charge on any atom is 0.349 e. The minimum Gasteiger partial charge on any atom is -0.422 e. The lowest BCUT2D eigenvalue weighted by molar-refractivity contribution is 0.0877. The van der Waals surface area contributed by atoms with Crippen molar-refractivity contribution in [1.82, 2.24) is 5.32 Å². The fourth-order valence-electron chi connectivity index (χ4n) is 3.10. The van der Waals surface area contributed by atoms with Crippen molar-refractivity contribution < 1.29 is 14.3 Å². The molecule has 116 valence electrons. The Balaban J connectivity index is 1.80. The largest absolute Gasteiger partial charge is 0.422 e. The SMILES string of the molecule is O=C(NCC1(CO)CCCC1)c1cc2ccccc2oc1=O. The van der Waals surface area contributed by atoms with Crippen LogP contribution in [0.5, 0.6) is 0 Å². The van der Waals surface area contributed by atoms with Gasteiger partial charge in [0.1, 0.15) is 11.1 Å². The van der Waals surface area contributed by atoms with Gasteiger partial charge in [-0.2, -0.15) is 0 Å². The van der Waals surface area contributed by atoms with Gasteiger partial charge < -0.3 is 14.8 Å². The van der Waals surface area contributed by atoms with Crippen LogP contribution in [0.25, 0.3) is 11.0 Å². The second-order valence-corrected chi connectivity index (χ2v) is 6.03. The van der Waals surface area contributed by atoms with Gasteiger partial charge in [0, 0.05) is 17.3 Å². The average Bonchev–Trinajstić information content (AvgIpc) is 3.01. The maximum atomic E-state index is 12.3. The number of aliphatic hydroxyl groups is 1. The van der Waals surface area contributed by atoms with Crippen LogP contribution in [0.3, 0.4) is 0 Å². The van der Waals surface area contributed by atoms with Crippen LogP contribution in [-0.4, -0.2) is 24.2 Å². The first-order valence-electron chi connectivity index (χ1n) is 7.56. The van der Waals surface area contributed by atoms with Gasteiger partial charge >= 0.3 is 5.63 Å². The molecule has 0 spiro atoms. The average molecular weight is 301 g/mol. The fourth-order valence-corrected chi connectivity index (χ4v) is 3.10. The van der Waals surface area contributed by atoms with E-state index in [0.717, 1.165) is 25.7 Å². The summed E-state index contributed by atoms with van der Waals surface area (Å²) in [6.45, 7) is 0.439. The molecule has 1 aromatic carbocycles. The topological polar surface area (TPSA) is 79.5 Å². The van der Waals surface area contributed by atoms with Crippen LogP contribution in [0.1, 0.15) is 36.0 Å². The Kier molecular flexibility index (Phi) is 3.98. The highest BCUT2D eigenvalue weighted by Gasteiger charge is 2.33. The Hall–Kier alpha value is -2.14. The van der Waals surface area contributed by atoms with Crippen LogP contribution >= 0.6 is 0 Å². The van der Waals surface area contributed by atoms with Crippen LogP contribution in [0.15, 0.2) is 39.5 Å². The first-order valence-corrected chi connectivity index (χ1v) is 7.56. The molecule has 1 aliphatic rings. The number of nitrogens with one attached hydrogen (secondary N) is 1. The van der Waals surface area contributed by atoms with Gasteiger partial charge in [-0.3, -0.25) is 4.79 Å². The summed E-state index contributed by atoms with van der Waals surface area (Å²) in [5, 5.41) is 13.1. The zero-order chi connectivity index (χ0) is 15.6. The fraction of sp³-hybridized carbons (Fsp3) is 0.412. The molecule has 1 heterocycles. The van der Waals surface area contributed by atoms with Crippen molar-refractivity contribution in [1.29, 1.82) is 0 Å². The predicted octanol–water partition coefficient (Wildman–Crippen LogP) is 2.08. The van der Waals surface area contributed by atoms with Crippen molar-refractivity contribution in [3.8, 4) is 0 Å². The highest BCUT2D eigenvalue weighted by atomic mass is 16.4. The molecule has 1 saturated carbocycles. The van der Waals surface area contributed by atoms with Crippen molar-refractivity contribution >= 4 is 16.9 Å². The molecule has 0 atom stereocenters. The molecule has 1 amide bonds. The number of amides is 1. The Bertz CT molecular complexity index is 744. The van der Waals surface area contributed by atoms with Gasteiger partial charge in [-0.25, -0.2) is 4.79 Å². The van der Waals surface area contributed by atoms with Crippen molar-refractivity contribution in [2.24, 2.45) is 5.41 Å². The van der Waals surface area contributed by atoms with Crippen molar-refractivity contribution in [2.75, 3.05) is 13.2 Å². The second kappa shape index (κ2) is 5.93. The molecule has 2 N–H and O–H groups in total. The number of carbonyl (C=O) groups excluding carboxylic acids is 1. The summed E-state index contributed by atoms with van der Waals surface area (Å²) in [6, 6.07) is 8.63. The molecular formula is C17H19NO4. The van der Waals surface area contributed by atoms with E-state index in [-0.39, 0.29) is 17.6 Å². The number of benzene rings is 1. The quantitative estimate of drug-likeness (QED) is 0.847. The van der Waals surface area contributed by atoms with Gasteiger partial charge in [-0.15, -0.1) is 0 Å². The zero-order valence-electron chi connectivity index (χ0n) is 12.3. The highest BCUT2D eigenvalue weighted by Crippen LogP contribution is 2.36. The second-order valence-electron chi connectivity index (χ2n) is 6.03. The smallest absolute Gasteiger partial charge is 0.349 e. The van der Waals surface area contributed by atoms with Gasteiger partial charge in [0.15, 0.2) is 0 Å². The molecule has 2 aromatic rings. The summed E-state index contributed by atoms with van der Waals surface area (Å²) >= 11 is 0. The summed E-state index contributed by atoms with van der Waals surface area (Å²) in [5.41, 5.74) is -0.413. The lowest BCUT2D eigenvalue weighted by Crippen LogP contribution is -2.39. The van der Waals surface area contributed by atoms with E-state index in [9.17, 15) is 14.7 Å². The van der Waals surface area contributed by atoms with Gasteiger partial charge in [0.05, 0.1) is 6.61 Å². The number of aliphatic hydroxyl groups excluding tert-OH is 1. The van der Waals surface area contributed by atoms with Crippen molar-refractivity contribution in [3.05, 3.63) is 46.3 Å². The third-order valence-corrected chi connectivity index (χ3v) is 4.51. The molecule has 22 heavy (non-hydrogen) atoms. The number of para-hydroxylation sites is 1. The molecule has 1 aromatic heterocycles. The Morgan fingerprint density at radius 3 is 2.73 bits per heavy atom. The number of hydrogen-bond acceptors (Lipinski definition) is 4. The van der Waals surface area contributed by atoms with Gasteiger partial charge in [-0.1, -0.05) is 31.0 Å². The van der Waals surface area contributed by atoms with E-state index in [2.05, 4.69) is 5.32 Å². The zero-order valence-corrected chi connectivity index (χ0v) is 12.3. The van der Waals surface area contributed by atoms with E-state index < -0.39 is 11.5 Å². The first-order chi connectivity index (χ1) is 10.6. The lowest BCUT2D eigenvalue weighted by Gasteiger charge is -2.26. The highest BCUT2D eigenvalue weighted by molar-refractivity contribution is 5.96. The summed E-state index contributed by atoms with van der Waals surface area (Å²) in [7, 11) is 0. The van der Waals surface area contributed by atoms with Gasteiger partial charge in [-0.05, 0) is 25.0 Å². The number of hydrogen-bond donors (Lipinski definition) is 2. The van der Waals surface area contributed by atoms with E-state index in [0.29, 0.717) is 17.5 Å². The van der Waals surface area contributed by atoms with Crippen molar-refractivity contribution in [2.45, 2.75) is 25.7 Å². The minimum absolute atomic E-state index is 0.00443. The molecule has 5 nitrogen and oxygen atoms in total. The van der Waals surface area contributed by atoms with Crippen LogP contribution < -0.4 is 10.9 Å². The molecule has 1 fully saturated rings. The Morgan fingerprint density at radius 2 is 2.00 bits per heavy atom. The lowest BCUT2D eigenvalue weighted by atomic mass is 9.87. The number of carbonyl (C=O) groups is 1. The molecular weight excluding hydrogens is 282 g/mol. The van der Waals surface area contributed by atoms with E-state index in [1.54, 1.807) is 24.3 Å². The normalized spacial score (nSPS) is 16.8. The van der Waals surface area contributed by atoms with E-state index in [4.69, 9.17) is 4.42 Å². The molecule has 0 aliphatic heterocycles. The summed E-state index contributed by atoms with van der Waals surface area (Å²) in [4.78, 5) is 24.2. The monoisotopic (exact) mass is 301 g/mol. The molecule has 0 saturated heterocycles. The standard InChI is InChI=1S/C17H19NO4/c19-11-17(7-3-4-8-17)10-18-15(20)13-9-12-5-1-2-6-14(12)22-16(13)21/h1-2,5-6,9,19H,3-4,7-8,10-11H2,(H,18,20). The van der Waals surface area contributed by atoms with Gasteiger partial charge in [0.25, 0.3) is 5.91 Å². The van der Waals surface area contributed by atoms with Crippen LogP contribution in [0.2, 0.25) is 0 Å². The predicted molar refractivity (Wildman–Crippen MR) is 82.8 cm³/mol. The molecule has 0 unspecified atom stereocenters. The molecule has 3 rings (SSSR count). The Morgan fingerprint density at radius 1 is 1.27 bits per heavy atom. The van der Waals surface area contributed by atoms with Crippen LogP contribution in [0.4, 0.5) is 0 Å². The van der Waals surface area contributed by atoms with Crippen LogP contribution in [0, 0.1) is 5.41 Å². The summed E-state index contributed by atoms with van der Waals surface area (Å²) in [5.74, 6) is -0.445. The molecule has 0 radical (unpaired) electrons. The van der Waals surface area contributed by atoms with Crippen molar-refractivity contribution in [3.63, 3.8) is 0 Å². The van der Waals surface area contributed by atoms with E-state index >= 15 is 0 Å². The minimum atomic E-state index is -0.638. The first kappa shape index (κ1) is 14.8. The Labute approximate surface area is 127 Å². The molecule has 5 heteroatoms. The van der Waals surface area contributed by atoms with Gasteiger partial charge in [0.2, 0.25) is 0 Å².